The summed E-state index contributed by atoms with van der Waals surface area (Å²) in [6.45, 7) is 0. The minimum atomic E-state index is 0. The third kappa shape index (κ3) is 19.9. The maximum atomic E-state index is 8.25. The van der Waals surface area contributed by atoms with Crippen molar-refractivity contribution in [2.24, 2.45) is 0 Å². The van der Waals surface area contributed by atoms with Crippen LogP contribution in [0.5, 0.6) is 0 Å². The molecule has 0 atom stereocenters. The van der Waals surface area contributed by atoms with Gasteiger partial charge in [-0.3, -0.25) is 0 Å². The molecule has 0 spiro atoms. The van der Waals surface area contributed by atoms with Crippen molar-refractivity contribution < 1.29 is 79.6 Å². The van der Waals surface area contributed by atoms with E-state index in [0.29, 0.717) is 0 Å². The van der Waals surface area contributed by atoms with E-state index in [2.05, 4.69) is 0 Å². The molecule has 0 aromatic carbocycles. The van der Waals surface area contributed by atoms with Crippen molar-refractivity contribution in [3.63, 3.8) is 0 Å². The molecule has 21 valence electrons. The van der Waals surface area contributed by atoms with E-state index in [1.54, 1.807) is 0 Å². The van der Waals surface area contributed by atoms with Gasteiger partial charge in [-0.15, -0.1) is 0 Å². The van der Waals surface area contributed by atoms with Crippen molar-refractivity contribution >= 4 is 17.4 Å². The van der Waals surface area contributed by atoms with Crippen LogP contribution < -0.4 is 18.9 Å². The van der Waals surface area contributed by atoms with Gasteiger partial charge < -0.3 is 1.43 Å². The van der Waals surface area contributed by atoms with Gasteiger partial charge in [-0.05, 0) is 0 Å². The van der Waals surface area contributed by atoms with Crippen molar-refractivity contribution in [3.05, 3.63) is 0 Å². The molecular weight excluding hydrogens is 237 g/mol. The van der Waals surface area contributed by atoms with E-state index < -0.39 is 0 Å². The van der Waals surface area contributed by atoms with Gasteiger partial charge >= 0.3 is 42.6 Å². The van der Waals surface area contributed by atoms with E-state index in [4.69, 9.17) is 3.32 Å². The molecule has 5 heteroatoms. The first kappa shape index (κ1) is 24.9. The maximum absolute atomic E-state index is 8.25. The molecule has 0 aliphatic rings. The zero-order valence-corrected chi connectivity index (χ0v) is 7.67. The summed E-state index contributed by atoms with van der Waals surface area (Å²) in [6.07, 6.45) is 0. The van der Waals surface area contributed by atoms with Gasteiger partial charge in [0, 0.05) is 35.6 Å². The molecule has 1 radical (unpaired) electrons. The first-order chi connectivity index (χ1) is 1.00. The van der Waals surface area contributed by atoms with E-state index in [1.807, 2.05) is 0 Å². The third-order valence-electron chi connectivity index (χ3n) is 0. The molecule has 0 N–H and O–H groups in total. The fourth-order valence-electron chi connectivity index (χ4n) is 0. The Balaban J connectivity index is -0.000000000833. The van der Waals surface area contributed by atoms with E-state index in [-0.39, 0.29) is 73.2 Å². The van der Waals surface area contributed by atoms with E-state index in [9.17, 15) is 0 Å². The van der Waals surface area contributed by atoms with Crippen molar-refractivity contribution in [1.29, 1.82) is 0 Å². The summed E-state index contributed by atoms with van der Waals surface area (Å²) in [7, 11) is 0. The molecule has 0 aliphatic carbocycles. The molecule has 1 nitrogen and oxygen atoms in total. The summed E-state index contributed by atoms with van der Waals surface area (Å²) in [5, 5.41) is 0. The first-order valence-electron chi connectivity index (χ1n) is 0.204. The van der Waals surface area contributed by atoms with Gasteiger partial charge in [0.05, 0.1) is 0 Å². The monoisotopic (exact) mass is 241 g/mol. The Labute approximate surface area is 95.1 Å². The third-order valence-corrected chi connectivity index (χ3v) is 0. The van der Waals surface area contributed by atoms with Crippen LogP contribution >= 0.6 is 0 Å². The molecule has 0 saturated heterocycles. The van der Waals surface area contributed by atoms with Crippen LogP contribution in [0.25, 0.3) is 0 Å². The predicted molar refractivity (Wildman–Crippen MR) is 11.7 cm³/mol. The van der Waals surface area contributed by atoms with Gasteiger partial charge in [-0.2, -0.15) is 0 Å². The SMILES string of the molecule is [AlH3].[H-].[La].[Li+].[O]=[Ti]. The van der Waals surface area contributed by atoms with Crippen molar-refractivity contribution in [2.75, 3.05) is 0 Å². The van der Waals surface area contributed by atoms with Crippen LogP contribution in [0.1, 0.15) is 1.43 Å². The molecule has 0 heterocycles. The summed E-state index contributed by atoms with van der Waals surface area (Å²) in [5.41, 5.74) is 0. The Morgan fingerprint density at radius 3 is 1.40 bits per heavy atom. The Morgan fingerprint density at radius 1 is 1.40 bits per heavy atom. The number of hydrogen-bond donors (Lipinski definition) is 0. The summed E-state index contributed by atoms with van der Waals surface area (Å²) < 4.78 is 8.25. The van der Waals surface area contributed by atoms with Gasteiger partial charge in [-0.1, -0.05) is 0 Å². The topological polar surface area (TPSA) is 17.1 Å². The second-order valence-electron chi connectivity index (χ2n) is 0. The summed E-state index contributed by atoms with van der Waals surface area (Å²) in [4.78, 5) is 0. The number of hydrogen-bond acceptors (Lipinski definition) is 1. The van der Waals surface area contributed by atoms with Crippen molar-refractivity contribution in [3.8, 4) is 0 Å². The minimum absolute atomic E-state index is 0. The second-order valence-corrected chi connectivity index (χ2v) is 0. The molecule has 0 unspecified atom stereocenters. The Bertz CT molecular complexity index is 15.5. The normalized spacial score (nSPS) is 0.600. The van der Waals surface area contributed by atoms with Crippen LogP contribution in [-0.2, 0) is 23.7 Å². The van der Waals surface area contributed by atoms with Crippen LogP contribution in [0, 0.1) is 35.6 Å². The molecule has 0 bridgehead atoms. The Kier molecular flexibility index (Phi) is 144. The molecule has 0 aromatic heterocycles. The summed E-state index contributed by atoms with van der Waals surface area (Å²) in [5.74, 6) is 0. The van der Waals surface area contributed by atoms with Crippen LogP contribution in [0.15, 0.2) is 0 Å². The molecular formula is H4AlLaLiOTi. The zero-order valence-electron chi connectivity index (χ0n) is 3.49. The molecule has 0 rings (SSSR count). The molecule has 5 heavy (non-hydrogen) atoms. The molecule has 0 aliphatic heterocycles. The fraction of sp³-hybridized carbons (Fsp3) is 0. The second kappa shape index (κ2) is 28.9. The number of rotatable bonds is 0. The van der Waals surface area contributed by atoms with Gasteiger partial charge in [0.25, 0.3) is 0 Å². The molecule has 0 fully saturated rings. The Morgan fingerprint density at radius 2 is 1.40 bits per heavy atom. The average molecular weight is 241 g/mol. The van der Waals surface area contributed by atoms with Gasteiger partial charge in [-0.25, -0.2) is 0 Å². The van der Waals surface area contributed by atoms with Crippen molar-refractivity contribution in [1.82, 2.24) is 0 Å². The molecule has 0 amide bonds. The standard InChI is InChI=1S/Al.La.Li.O.Ti.4H/q;;+1;;;;;;-1. The van der Waals surface area contributed by atoms with Gasteiger partial charge in [0.2, 0.25) is 0 Å². The zero-order chi connectivity index (χ0) is 2.00. The summed E-state index contributed by atoms with van der Waals surface area (Å²) >= 11 is 0.750. The van der Waals surface area contributed by atoms with Crippen molar-refractivity contribution in [2.45, 2.75) is 0 Å². The van der Waals surface area contributed by atoms with Crippen LogP contribution in [-0.4, -0.2) is 17.4 Å². The average Bonchev–Trinajstić information content (AvgIpc) is 1.00. The van der Waals surface area contributed by atoms with Crippen LogP contribution in [0.4, 0.5) is 0 Å². The summed E-state index contributed by atoms with van der Waals surface area (Å²) in [6, 6.07) is 0. The van der Waals surface area contributed by atoms with Gasteiger partial charge in [0.15, 0.2) is 17.4 Å². The van der Waals surface area contributed by atoms with Gasteiger partial charge in [0.1, 0.15) is 0 Å². The van der Waals surface area contributed by atoms with E-state index in [0.717, 1.165) is 20.4 Å². The van der Waals surface area contributed by atoms with E-state index >= 15 is 0 Å². The molecule has 0 saturated carbocycles. The Hall–Kier alpha value is 2.84. The first-order valence-corrected chi connectivity index (χ1v) is 0.842. The van der Waals surface area contributed by atoms with E-state index in [1.165, 1.54) is 0 Å². The molecule has 0 aromatic rings. The van der Waals surface area contributed by atoms with Crippen LogP contribution in [0.2, 0.25) is 0 Å². The predicted octanol–water partition coefficient (Wildman–Crippen LogP) is -4.19. The fourth-order valence-corrected chi connectivity index (χ4v) is 0. The quantitative estimate of drug-likeness (QED) is 0.393. The van der Waals surface area contributed by atoms with Crippen LogP contribution in [0.3, 0.4) is 0 Å².